The molecule has 2 aliphatic rings. The molecule has 2 aromatic heterocycles. The maximum absolute atomic E-state index is 12.1. The summed E-state index contributed by atoms with van der Waals surface area (Å²) in [5.74, 6) is -0.418. The molecule has 2 heterocycles. The predicted molar refractivity (Wildman–Crippen MR) is 106 cm³/mol. The minimum atomic E-state index is -0.979. The van der Waals surface area contributed by atoms with E-state index in [1.165, 1.54) is 11.8 Å². The fraction of sp³-hybridized carbons (Fsp3) is 0.474. The lowest BCUT2D eigenvalue weighted by Gasteiger charge is -2.31. The minimum absolute atomic E-state index is 0.0199. The van der Waals surface area contributed by atoms with Crippen LogP contribution < -0.4 is 11.1 Å². The second-order valence-corrected chi connectivity index (χ2v) is 8.10. The zero-order valence-corrected chi connectivity index (χ0v) is 16.5. The number of amides is 2. The summed E-state index contributed by atoms with van der Waals surface area (Å²) in [7, 11) is 0. The van der Waals surface area contributed by atoms with E-state index in [4.69, 9.17) is 15.8 Å². The number of nitrogens with zero attached hydrogens (tertiary/aromatic N) is 3. The number of rotatable bonds is 4. The number of aromatic nitrogens is 3. The Balaban J connectivity index is 1.73. The molecule has 4 rings (SSSR count). The largest absolute Gasteiger partial charge is 0.465 e. The summed E-state index contributed by atoms with van der Waals surface area (Å²) >= 11 is 1.49. The van der Waals surface area contributed by atoms with Crippen LogP contribution in [0.2, 0.25) is 0 Å². The molecule has 8 nitrogen and oxygen atoms in total. The van der Waals surface area contributed by atoms with Gasteiger partial charge in [-0.3, -0.25) is 4.79 Å². The first-order valence-electron chi connectivity index (χ1n) is 9.41. The Bertz CT molecular complexity index is 934. The Kier molecular flexibility index (Phi) is 5.01. The minimum Gasteiger partial charge on any atom is -0.465 e. The molecule has 0 saturated heterocycles. The van der Waals surface area contributed by atoms with Crippen LogP contribution >= 0.6 is 11.8 Å². The summed E-state index contributed by atoms with van der Waals surface area (Å²) in [6, 6.07) is 0.167. The van der Waals surface area contributed by atoms with Gasteiger partial charge in [0.2, 0.25) is 0 Å². The molecule has 0 spiro atoms. The summed E-state index contributed by atoms with van der Waals surface area (Å²) in [6.07, 6.45) is 9.45. The molecule has 28 heavy (non-hydrogen) atoms. The van der Waals surface area contributed by atoms with Gasteiger partial charge in [-0.2, -0.15) is 0 Å². The number of aryl methyl sites for hydroxylation is 1. The summed E-state index contributed by atoms with van der Waals surface area (Å²) in [4.78, 5) is 32.1. The van der Waals surface area contributed by atoms with Crippen molar-refractivity contribution in [3.63, 3.8) is 0 Å². The van der Waals surface area contributed by atoms with E-state index < -0.39 is 12.0 Å². The van der Waals surface area contributed by atoms with Crippen molar-refractivity contribution in [2.45, 2.75) is 55.8 Å². The van der Waals surface area contributed by atoms with Crippen molar-refractivity contribution in [1.29, 1.82) is 0 Å². The first-order chi connectivity index (χ1) is 13.5. The molecule has 4 N–H and O–H groups in total. The number of thioether (sulfide) groups is 1. The summed E-state index contributed by atoms with van der Waals surface area (Å²) in [5.41, 5.74) is 10.2. The van der Waals surface area contributed by atoms with Crippen molar-refractivity contribution in [2.24, 2.45) is 5.73 Å². The fourth-order valence-corrected chi connectivity index (χ4v) is 4.73. The molecule has 0 aromatic carbocycles. The van der Waals surface area contributed by atoms with Gasteiger partial charge in [-0.25, -0.2) is 14.8 Å². The standard InChI is InChI=1S/C19H23N5O3S/c1-28-18-21-8-10-2-7-13-14(17(20)25)9-24(16(13)15(10)23-18)12-5-3-11(4-6-12)22-19(26)27/h8-9,11-12,22H,2-7H2,1H3,(H2,20,25)(H,26,27). The molecule has 0 unspecified atom stereocenters. The van der Waals surface area contributed by atoms with Gasteiger partial charge < -0.3 is 20.7 Å². The average molecular weight is 401 g/mol. The Hall–Kier alpha value is -2.55. The maximum Gasteiger partial charge on any atom is 0.404 e. The molecular formula is C19H23N5O3S. The van der Waals surface area contributed by atoms with Crippen LogP contribution in [0.15, 0.2) is 17.6 Å². The molecule has 2 amide bonds. The van der Waals surface area contributed by atoms with Crippen LogP contribution in [-0.4, -0.2) is 43.9 Å². The van der Waals surface area contributed by atoms with Crippen LogP contribution in [0.25, 0.3) is 11.4 Å². The first kappa shape index (κ1) is 18.8. The molecule has 0 aliphatic heterocycles. The number of nitrogens with two attached hydrogens (primary N) is 1. The van der Waals surface area contributed by atoms with Gasteiger partial charge in [-0.15, -0.1) is 0 Å². The molecule has 2 aliphatic carbocycles. The van der Waals surface area contributed by atoms with E-state index in [1.54, 1.807) is 0 Å². The van der Waals surface area contributed by atoms with E-state index in [2.05, 4.69) is 14.9 Å². The quantitative estimate of drug-likeness (QED) is 0.534. The van der Waals surface area contributed by atoms with Crippen molar-refractivity contribution in [2.75, 3.05) is 6.26 Å². The van der Waals surface area contributed by atoms with Gasteiger partial charge in [-0.1, -0.05) is 11.8 Å². The molecule has 1 fully saturated rings. The third kappa shape index (κ3) is 3.34. The van der Waals surface area contributed by atoms with Crippen LogP contribution in [0.3, 0.4) is 0 Å². The number of carbonyl (C=O) groups is 2. The third-order valence-electron chi connectivity index (χ3n) is 5.71. The average Bonchev–Trinajstić information content (AvgIpc) is 3.08. The lowest BCUT2D eigenvalue weighted by Crippen LogP contribution is -2.37. The van der Waals surface area contributed by atoms with E-state index in [0.717, 1.165) is 61.0 Å². The van der Waals surface area contributed by atoms with Crippen LogP contribution in [0.1, 0.15) is 53.2 Å². The number of primary amides is 1. The Morgan fingerprint density at radius 1 is 1.29 bits per heavy atom. The second-order valence-electron chi connectivity index (χ2n) is 7.33. The highest BCUT2D eigenvalue weighted by Crippen LogP contribution is 2.40. The topological polar surface area (TPSA) is 123 Å². The van der Waals surface area contributed by atoms with Gasteiger partial charge in [0.25, 0.3) is 5.91 Å². The number of hydrogen-bond acceptors (Lipinski definition) is 5. The summed E-state index contributed by atoms with van der Waals surface area (Å²) in [5, 5.41) is 12.2. The molecule has 0 radical (unpaired) electrons. The van der Waals surface area contributed by atoms with Crippen LogP contribution in [0, 0.1) is 0 Å². The molecule has 9 heteroatoms. The predicted octanol–water partition coefficient (Wildman–Crippen LogP) is 2.62. The van der Waals surface area contributed by atoms with Crippen molar-refractivity contribution < 1.29 is 14.7 Å². The van der Waals surface area contributed by atoms with Crippen LogP contribution in [-0.2, 0) is 12.8 Å². The van der Waals surface area contributed by atoms with Crippen LogP contribution in [0.4, 0.5) is 4.79 Å². The van der Waals surface area contributed by atoms with Crippen molar-refractivity contribution in [3.05, 3.63) is 29.1 Å². The highest BCUT2D eigenvalue weighted by Gasteiger charge is 2.32. The van der Waals surface area contributed by atoms with E-state index in [-0.39, 0.29) is 12.1 Å². The number of carbonyl (C=O) groups excluding carboxylic acids is 1. The zero-order chi connectivity index (χ0) is 19.8. The maximum atomic E-state index is 12.1. The van der Waals surface area contributed by atoms with Gasteiger partial charge in [0.15, 0.2) is 5.16 Å². The molecule has 2 aromatic rings. The van der Waals surface area contributed by atoms with Gasteiger partial charge in [0.05, 0.1) is 17.0 Å². The van der Waals surface area contributed by atoms with Gasteiger partial charge in [0, 0.05) is 24.5 Å². The Morgan fingerprint density at radius 3 is 2.68 bits per heavy atom. The van der Waals surface area contributed by atoms with Crippen molar-refractivity contribution in [3.8, 4) is 11.4 Å². The van der Waals surface area contributed by atoms with Gasteiger partial charge in [-0.05, 0) is 55.9 Å². The van der Waals surface area contributed by atoms with Crippen LogP contribution in [0.5, 0.6) is 0 Å². The first-order valence-corrected chi connectivity index (χ1v) is 10.6. The molecular weight excluding hydrogens is 378 g/mol. The van der Waals surface area contributed by atoms with E-state index in [1.807, 2.05) is 18.6 Å². The smallest absolute Gasteiger partial charge is 0.404 e. The van der Waals surface area contributed by atoms with Crippen molar-refractivity contribution >= 4 is 23.8 Å². The summed E-state index contributed by atoms with van der Waals surface area (Å²) < 4.78 is 2.15. The molecule has 1 saturated carbocycles. The Morgan fingerprint density at radius 2 is 2.04 bits per heavy atom. The second kappa shape index (κ2) is 7.46. The van der Waals surface area contributed by atoms with E-state index in [9.17, 15) is 9.59 Å². The normalized spacial score (nSPS) is 20.9. The van der Waals surface area contributed by atoms with E-state index in [0.29, 0.717) is 10.7 Å². The lowest BCUT2D eigenvalue weighted by atomic mass is 9.89. The highest BCUT2D eigenvalue weighted by atomic mass is 32.2. The number of fused-ring (bicyclic) bond motifs is 3. The van der Waals surface area contributed by atoms with Gasteiger partial charge >= 0.3 is 6.09 Å². The number of carboxylic acid groups (broad SMARTS) is 1. The molecule has 148 valence electrons. The monoisotopic (exact) mass is 401 g/mol. The Labute approximate surface area is 166 Å². The SMILES string of the molecule is CSc1ncc2c(n1)-c1c(c(C(N)=O)cn1C1CCC(NC(=O)O)CC1)CC2. The molecule has 0 atom stereocenters. The van der Waals surface area contributed by atoms with Gasteiger partial charge in [0.1, 0.15) is 0 Å². The van der Waals surface area contributed by atoms with E-state index >= 15 is 0 Å². The number of hydrogen-bond donors (Lipinski definition) is 3. The fourth-order valence-electron chi connectivity index (χ4n) is 4.39. The molecule has 0 bridgehead atoms. The number of nitrogens with one attached hydrogen (secondary N) is 1. The lowest BCUT2D eigenvalue weighted by molar-refractivity contribution is 0.0999. The zero-order valence-electron chi connectivity index (χ0n) is 15.6. The summed E-state index contributed by atoms with van der Waals surface area (Å²) in [6.45, 7) is 0. The highest BCUT2D eigenvalue weighted by molar-refractivity contribution is 7.98. The third-order valence-corrected chi connectivity index (χ3v) is 6.28. The van der Waals surface area contributed by atoms with Crippen molar-refractivity contribution in [1.82, 2.24) is 19.9 Å².